The molecular weight excluding hydrogens is 383 g/mol. The highest BCUT2D eigenvalue weighted by Crippen LogP contribution is 2.56. The van der Waals surface area contributed by atoms with E-state index in [4.69, 9.17) is 14.0 Å². The van der Waals surface area contributed by atoms with Crippen molar-refractivity contribution < 1.29 is 18.6 Å². The van der Waals surface area contributed by atoms with Crippen LogP contribution in [0.3, 0.4) is 0 Å². The van der Waals surface area contributed by atoms with Gasteiger partial charge in [-0.1, -0.05) is 60.7 Å². The average molecular weight is 402 g/mol. The van der Waals surface area contributed by atoms with Crippen LogP contribution < -0.4 is 24.6 Å². The van der Waals surface area contributed by atoms with Crippen LogP contribution in [0.5, 0.6) is 17.2 Å². The minimum atomic E-state index is -3.49. The van der Waals surface area contributed by atoms with E-state index in [2.05, 4.69) is 0 Å². The van der Waals surface area contributed by atoms with Crippen LogP contribution >= 0.6 is 7.37 Å². The Balaban J connectivity index is 1.87. The Kier molecular flexibility index (Phi) is 4.11. The van der Waals surface area contributed by atoms with Gasteiger partial charge in [0.1, 0.15) is 17.2 Å². The molecule has 144 valence electrons. The number of hydrogen-bond donors (Lipinski definition) is 0. The largest absolute Gasteiger partial charge is 0.496 e. The van der Waals surface area contributed by atoms with Gasteiger partial charge in [0.15, 0.2) is 0 Å². The molecule has 0 fully saturated rings. The van der Waals surface area contributed by atoms with Gasteiger partial charge in [-0.2, -0.15) is 0 Å². The molecule has 1 aliphatic rings. The molecule has 4 aromatic rings. The van der Waals surface area contributed by atoms with Crippen LogP contribution in [0, 0.1) is 0 Å². The van der Waals surface area contributed by atoms with Crippen LogP contribution in [-0.2, 0) is 4.57 Å². The van der Waals surface area contributed by atoms with Gasteiger partial charge in [0, 0.05) is 16.3 Å². The minimum absolute atomic E-state index is 0.498. The molecule has 4 nitrogen and oxygen atoms in total. The van der Waals surface area contributed by atoms with E-state index in [1.165, 1.54) is 0 Å². The summed E-state index contributed by atoms with van der Waals surface area (Å²) in [6.45, 7) is 0. The Morgan fingerprint density at radius 1 is 0.724 bits per heavy atom. The number of para-hydroxylation sites is 1. The molecule has 0 amide bonds. The van der Waals surface area contributed by atoms with Crippen molar-refractivity contribution in [2.45, 2.75) is 0 Å². The van der Waals surface area contributed by atoms with Gasteiger partial charge in [0.05, 0.1) is 24.8 Å². The van der Waals surface area contributed by atoms with Crippen molar-refractivity contribution in [3.05, 3.63) is 78.9 Å². The smallest absolute Gasteiger partial charge is 0.311 e. The molecule has 0 spiro atoms. The number of ether oxygens (including phenoxy) is 2. The predicted octanol–water partition coefficient (Wildman–Crippen LogP) is 5.15. The molecule has 0 bridgehead atoms. The van der Waals surface area contributed by atoms with Gasteiger partial charge in [-0.25, -0.2) is 0 Å². The molecule has 1 heterocycles. The predicted molar refractivity (Wildman–Crippen MR) is 116 cm³/mol. The van der Waals surface area contributed by atoms with E-state index in [-0.39, 0.29) is 0 Å². The fraction of sp³-hybridized carbons (Fsp3) is 0.0833. The van der Waals surface area contributed by atoms with Crippen molar-refractivity contribution in [3.8, 4) is 28.4 Å². The van der Waals surface area contributed by atoms with Crippen LogP contribution in [0.15, 0.2) is 78.9 Å². The van der Waals surface area contributed by atoms with Gasteiger partial charge in [-0.15, -0.1) is 0 Å². The molecule has 1 atom stereocenters. The summed E-state index contributed by atoms with van der Waals surface area (Å²) in [5, 5.41) is 2.89. The van der Waals surface area contributed by atoms with E-state index < -0.39 is 7.37 Å². The normalized spacial score (nSPS) is 17.2. The molecule has 1 unspecified atom stereocenters. The van der Waals surface area contributed by atoms with Crippen LogP contribution in [0.4, 0.5) is 0 Å². The fourth-order valence-corrected chi connectivity index (χ4v) is 6.45. The Morgan fingerprint density at radius 2 is 1.38 bits per heavy atom. The highest BCUT2D eigenvalue weighted by molar-refractivity contribution is 7.75. The third-order valence-electron chi connectivity index (χ3n) is 5.30. The lowest BCUT2D eigenvalue weighted by atomic mass is 10.0. The lowest BCUT2D eigenvalue weighted by molar-refractivity contribution is 0.411. The summed E-state index contributed by atoms with van der Waals surface area (Å²) in [4.78, 5) is 0. The average Bonchev–Trinajstić information content (AvgIpc) is 2.78. The van der Waals surface area contributed by atoms with Crippen LogP contribution in [0.1, 0.15) is 0 Å². The zero-order chi connectivity index (χ0) is 20.0. The molecule has 29 heavy (non-hydrogen) atoms. The summed E-state index contributed by atoms with van der Waals surface area (Å²) in [6, 6.07) is 24.9. The number of fused-ring (bicyclic) bond motifs is 4. The number of benzene rings is 4. The highest BCUT2D eigenvalue weighted by Gasteiger charge is 2.40. The highest BCUT2D eigenvalue weighted by atomic mass is 31.2. The van der Waals surface area contributed by atoms with E-state index in [1.54, 1.807) is 20.3 Å². The van der Waals surface area contributed by atoms with Crippen LogP contribution in [-0.4, -0.2) is 14.2 Å². The molecule has 0 aliphatic carbocycles. The van der Waals surface area contributed by atoms with Gasteiger partial charge in [0.2, 0.25) is 0 Å². The molecule has 5 rings (SSSR count). The fourth-order valence-electron chi connectivity index (χ4n) is 4.00. The molecule has 0 radical (unpaired) electrons. The Labute approximate surface area is 169 Å². The maximum absolute atomic E-state index is 14.6. The molecule has 0 saturated heterocycles. The minimum Gasteiger partial charge on any atom is -0.496 e. The summed E-state index contributed by atoms with van der Waals surface area (Å²) in [6.07, 6.45) is 0. The summed E-state index contributed by atoms with van der Waals surface area (Å²) in [7, 11) is -0.291. The Bertz CT molecular complexity index is 1300. The van der Waals surface area contributed by atoms with Gasteiger partial charge in [-0.05, 0) is 23.8 Å². The van der Waals surface area contributed by atoms with Gasteiger partial charge >= 0.3 is 7.37 Å². The first kappa shape index (κ1) is 17.8. The summed E-state index contributed by atoms with van der Waals surface area (Å²) in [5.74, 6) is 1.77. The van der Waals surface area contributed by atoms with Gasteiger partial charge in [-0.3, -0.25) is 4.57 Å². The topological polar surface area (TPSA) is 44.8 Å². The molecule has 1 aliphatic heterocycles. The number of rotatable bonds is 3. The molecular formula is C24H19O4P. The van der Waals surface area contributed by atoms with E-state index in [0.717, 1.165) is 21.9 Å². The Hall–Kier alpha value is -3.23. The van der Waals surface area contributed by atoms with E-state index in [1.807, 2.05) is 72.8 Å². The van der Waals surface area contributed by atoms with Crippen molar-refractivity contribution in [2.24, 2.45) is 0 Å². The first-order chi connectivity index (χ1) is 14.2. The van der Waals surface area contributed by atoms with E-state index >= 15 is 0 Å². The van der Waals surface area contributed by atoms with Crippen LogP contribution in [0.2, 0.25) is 0 Å². The second-order valence-corrected chi connectivity index (χ2v) is 9.08. The summed E-state index contributed by atoms with van der Waals surface area (Å²) >= 11 is 0. The maximum Gasteiger partial charge on any atom is 0.311 e. The number of hydrogen-bond acceptors (Lipinski definition) is 4. The zero-order valence-corrected chi connectivity index (χ0v) is 17.0. The monoisotopic (exact) mass is 402 g/mol. The molecule has 4 aromatic carbocycles. The van der Waals surface area contributed by atoms with Crippen molar-refractivity contribution in [2.75, 3.05) is 14.2 Å². The first-order valence-electron chi connectivity index (χ1n) is 9.30. The molecule has 5 heteroatoms. The standard InChI is InChI=1S/C24H19O4P/c1-26-21-15-23(24(27-2)19-12-4-3-10-17(19)21)29(25)22-14-8-6-11-18(22)16-9-5-7-13-20(16)28-29/h3-15H,1-2H3. The van der Waals surface area contributed by atoms with E-state index in [9.17, 15) is 4.57 Å². The quantitative estimate of drug-likeness (QED) is 0.445. The molecule has 0 N–H and O–H groups in total. The second kappa shape index (κ2) is 6.68. The zero-order valence-electron chi connectivity index (χ0n) is 16.1. The first-order valence-corrected chi connectivity index (χ1v) is 10.9. The van der Waals surface area contributed by atoms with Crippen molar-refractivity contribution in [1.82, 2.24) is 0 Å². The summed E-state index contributed by atoms with van der Waals surface area (Å²) in [5.41, 5.74) is 1.84. The van der Waals surface area contributed by atoms with Gasteiger partial charge < -0.3 is 14.0 Å². The maximum atomic E-state index is 14.6. The molecule has 0 saturated carbocycles. The third kappa shape index (κ3) is 2.56. The lowest BCUT2D eigenvalue weighted by Crippen LogP contribution is -2.26. The third-order valence-corrected chi connectivity index (χ3v) is 7.75. The van der Waals surface area contributed by atoms with Crippen molar-refractivity contribution in [1.29, 1.82) is 0 Å². The Morgan fingerprint density at radius 3 is 2.14 bits per heavy atom. The van der Waals surface area contributed by atoms with Crippen molar-refractivity contribution in [3.63, 3.8) is 0 Å². The van der Waals surface area contributed by atoms with Crippen LogP contribution in [0.25, 0.3) is 21.9 Å². The SMILES string of the molecule is COc1cc(P2(=O)Oc3ccccc3-c3ccccc32)c(OC)c2ccccc12. The van der Waals surface area contributed by atoms with Gasteiger partial charge in [0.25, 0.3) is 0 Å². The molecule has 0 aromatic heterocycles. The summed E-state index contributed by atoms with van der Waals surface area (Å²) < 4.78 is 32.2. The lowest BCUT2D eigenvalue weighted by Gasteiger charge is -2.30. The number of methoxy groups -OCH3 is 2. The second-order valence-electron chi connectivity index (χ2n) is 6.83. The van der Waals surface area contributed by atoms with Crippen molar-refractivity contribution >= 4 is 28.8 Å². The van der Waals surface area contributed by atoms with E-state index in [0.29, 0.717) is 27.9 Å².